The van der Waals surface area contributed by atoms with Gasteiger partial charge in [-0.3, -0.25) is 14.5 Å². The number of piperidine rings is 1. The van der Waals surface area contributed by atoms with E-state index in [4.69, 9.17) is 4.52 Å². The van der Waals surface area contributed by atoms with Crippen LogP contribution in [0.25, 0.3) is 10.7 Å². The second-order valence-electron chi connectivity index (χ2n) is 9.41. The van der Waals surface area contributed by atoms with Crippen LogP contribution in [-0.4, -0.2) is 75.9 Å². The number of carbonyl (C=O) groups is 2. The molecule has 31 heavy (non-hydrogen) atoms. The highest BCUT2D eigenvalue weighted by atomic mass is 32.1. The van der Waals surface area contributed by atoms with Crippen LogP contribution >= 0.6 is 11.3 Å². The minimum atomic E-state index is -0.365. The summed E-state index contributed by atoms with van der Waals surface area (Å²) in [4.78, 5) is 37.1. The number of amides is 2. The normalized spacial score (nSPS) is 19.1. The number of hydrogen-bond donors (Lipinski definition) is 0. The highest BCUT2D eigenvalue weighted by Gasteiger charge is 2.34. The smallest absolute Gasteiger partial charge is 0.241 e. The molecule has 8 nitrogen and oxygen atoms in total. The van der Waals surface area contributed by atoms with Gasteiger partial charge in [0.2, 0.25) is 23.5 Å². The topological polar surface area (TPSA) is 82.8 Å². The van der Waals surface area contributed by atoms with Gasteiger partial charge in [0, 0.05) is 50.6 Å². The van der Waals surface area contributed by atoms with E-state index in [1.807, 2.05) is 48.1 Å². The Balaban J connectivity index is 1.23. The Morgan fingerprint density at radius 1 is 1.10 bits per heavy atom. The summed E-state index contributed by atoms with van der Waals surface area (Å²) >= 11 is 1.59. The van der Waals surface area contributed by atoms with Gasteiger partial charge in [0.25, 0.3) is 0 Å². The predicted molar refractivity (Wildman–Crippen MR) is 118 cm³/mol. The average Bonchev–Trinajstić information content (AvgIpc) is 3.45. The molecule has 2 fully saturated rings. The lowest BCUT2D eigenvalue weighted by Crippen LogP contribution is -2.52. The summed E-state index contributed by atoms with van der Waals surface area (Å²) in [5.74, 6) is 1.68. The van der Waals surface area contributed by atoms with Crippen molar-refractivity contribution in [2.45, 2.75) is 40.2 Å². The quantitative estimate of drug-likeness (QED) is 0.720. The Morgan fingerprint density at radius 3 is 2.42 bits per heavy atom. The van der Waals surface area contributed by atoms with Crippen LogP contribution < -0.4 is 0 Å². The zero-order chi connectivity index (χ0) is 22.0. The fraction of sp³-hybridized carbons (Fsp3) is 0.636. The molecule has 0 atom stereocenters. The lowest BCUT2D eigenvalue weighted by Gasteiger charge is -2.39. The number of nitrogens with zero attached hydrogens (tertiary/aromatic N) is 5. The Hall–Kier alpha value is -2.26. The van der Waals surface area contributed by atoms with Gasteiger partial charge in [-0.25, -0.2) is 0 Å². The van der Waals surface area contributed by atoms with Gasteiger partial charge >= 0.3 is 0 Å². The molecule has 4 rings (SSSR count). The van der Waals surface area contributed by atoms with Crippen LogP contribution in [0.5, 0.6) is 0 Å². The van der Waals surface area contributed by atoms with Crippen molar-refractivity contribution >= 4 is 23.2 Å². The third-order valence-electron chi connectivity index (χ3n) is 6.03. The monoisotopic (exact) mass is 445 g/mol. The van der Waals surface area contributed by atoms with Crippen molar-refractivity contribution in [3.63, 3.8) is 0 Å². The van der Waals surface area contributed by atoms with E-state index in [-0.39, 0.29) is 23.1 Å². The number of thiophene rings is 1. The molecule has 4 heterocycles. The molecule has 0 bridgehead atoms. The first-order valence-corrected chi connectivity index (χ1v) is 11.9. The third-order valence-corrected chi connectivity index (χ3v) is 6.89. The summed E-state index contributed by atoms with van der Waals surface area (Å²) in [6, 6.07) is 3.95. The van der Waals surface area contributed by atoms with Crippen LogP contribution in [0.2, 0.25) is 0 Å². The summed E-state index contributed by atoms with van der Waals surface area (Å²) in [6.07, 6.45) is 1.52. The highest BCUT2D eigenvalue weighted by molar-refractivity contribution is 7.13. The Labute approximate surface area is 187 Å². The van der Waals surface area contributed by atoms with Gasteiger partial charge in [-0.05, 0) is 24.3 Å². The summed E-state index contributed by atoms with van der Waals surface area (Å²) in [6.45, 7) is 10.8. The van der Waals surface area contributed by atoms with Crippen molar-refractivity contribution in [3.8, 4) is 10.7 Å². The molecular weight excluding hydrogens is 414 g/mol. The molecule has 9 heteroatoms. The number of piperazine rings is 1. The summed E-state index contributed by atoms with van der Waals surface area (Å²) in [5, 5.41) is 6.06. The zero-order valence-corrected chi connectivity index (χ0v) is 19.4. The lowest BCUT2D eigenvalue weighted by molar-refractivity contribution is -0.145. The van der Waals surface area contributed by atoms with E-state index in [0.29, 0.717) is 44.4 Å². The first-order chi connectivity index (χ1) is 14.8. The molecule has 168 valence electrons. The summed E-state index contributed by atoms with van der Waals surface area (Å²) in [7, 11) is 0. The number of aromatic nitrogens is 2. The third kappa shape index (κ3) is 5.15. The van der Waals surface area contributed by atoms with E-state index in [2.05, 4.69) is 15.0 Å². The SMILES string of the molecule is CC(C)(C)C(=O)N1CCC(C(=O)N2CCN(Cc3nc(-c4cccs4)no3)CC2)CC1. The number of likely N-dealkylation sites (tertiary alicyclic amines) is 1. The van der Waals surface area contributed by atoms with Crippen molar-refractivity contribution in [3.05, 3.63) is 23.4 Å². The predicted octanol–water partition coefficient (Wildman–Crippen LogP) is 2.73. The van der Waals surface area contributed by atoms with E-state index in [1.54, 1.807) is 11.3 Å². The van der Waals surface area contributed by atoms with Gasteiger partial charge in [0.05, 0.1) is 11.4 Å². The standard InChI is InChI=1S/C22H31N5O3S/c1-22(2,3)21(29)27-8-6-16(7-9-27)20(28)26-12-10-25(11-13-26)15-18-23-19(24-30-18)17-5-4-14-31-17/h4-5,14,16H,6-13,15H2,1-3H3. The fourth-order valence-electron chi connectivity index (χ4n) is 4.20. The van der Waals surface area contributed by atoms with Gasteiger partial charge in [-0.15, -0.1) is 11.3 Å². The first-order valence-electron chi connectivity index (χ1n) is 11.0. The van der Waals surface area contributed by atoms with Gasteiger partial charge in [0.1, 0.15) is 0 Å². The molecular formula is C22H31N5O3S. The number of hydrogen-bond acceptors (Lipinski definition) is 7. The maximum atomic E-state index is 13.0. The van der Waals surface area contributed by atoms with Crippen LogP contribution in [0, 0.1) is 11.3 Å². The zero-order valence-electron chi connectivity index (χ0n) is 18.5. The van der Waals surface area contributed by atoms with Crippen LogP contribution in [0.4, 0.5) is 0 Å². The second-order valence-corrected chi connectivity index (χ2v) is 10.4. The minimum absolute atomic E-state index is 0.0277. The molecule has 0 N–H and O–H groups in total. The van der Waals surface area contributed by atoms with Crippen molar-refractivity contribution in [1.29, 1.82) is 0 Å². The van der Waals surface area contributed by atoms with Crippen LogP contribution in [0.15, 0.2) is 22.0 Å². The average molecular weight is 446 g/mol. The molecule has 2 aliphatic heterocycles. The van der Waals surface area contributed by atoms with Crippen LogP contribution in [0.3, 0.4) is 0 Å². The van der Waals surface area contributed by atoms with E-state index in [1.165, 1.54) is 0 Å². The second kappa shape index (κ2) is 9.08. The fourth-order valence-corrected chi connectivity index (χ4v) is 4.85. The highest BCUT2D eigenvalue weighted by Crippen LogP contribution is 2.25. The molecule has 0 spiro atoms. The Bertz CT molecular complexity index is 889. The van der Waals surface area contributed by atoms with E-state index in [0.717, 1.165) is 30.8 Å². The Kier molecular flexibility index (Phi) is 6.43. The lowest BCUT2D eigenvalue weighted by atomic mass is 9.90. The minimum Gasteiger partial charge on any atom is -0.342 e. The van der Waals surface area contributed by atoms with Gasteiger partial charge < -0.3 is 14.3 Å². The van der Waals surface area contributed by atoms with E-state index >= 15 is 0 Å². The van der Waals surface area contributed by atoms with Crippen molar-refractivity contribution in [2.75, 3.05) is 39.3 Å². The van der Waals surface area contributed by atoms with Crippen molar-refractivity contribution in [1.82, 2.24) is 24.8 Å². The molecule has 2 aromatic heterocycles. The maximum absolute atomic E-state index is 13.0. The van der Waals surface area contributed by atoms with E-state index < -0.39 is 0 Å². The van der Waals surface area contributed by atoms with E-state index in [9.17, 15) is 9.59 Å². The summed E-state index contributed by atoms with van der Waals surface area (Å²) < 4.78 is 5.41. The van der Waals surface area contributed by atoms with Crippen LogP contribution in [-0.2, 0) is 16.1 Å². The molecule has 2 aromatic rings. The molecule has 2 saturated heterocycles. The molecule has 0 unspecified atom stereocenters. The maximum Gasteiger partial charge on any atom is 0.241 e. The largest absolute Gasteiger partial charge is 0.342 e. The summed E-state index contributed by atoms with van der Waals surface area (Å²) in [5.41, 5.74) is -0.365. The van der Waals surface area contributed by atoms with Gasteiger partial charge in [-0.2, -0.15) is 4.98 Å². The van der Waals surface area contributed by atoms with Gasteiger partial charge in [-0.1, -0.05) is 32.0 Å². The molecule has 0 saturated carbocycles. The van der Waals surface area contributed by atoms with Gasteiger partial charge in [0.15, 0.2) is 0 Å². The molecule has 2 amide bonds. The number of rotatable bonds is 4. The number of carbonyl (C=O) groups excluding carboxylic acids is 2. The molecule has 2 aliphatic rings. The van der Waals surface area contributed by atoms with Crippen molar-refractivity contribution in [2.24, 2.45) is 11.3 Å². The van der Waals surface area contributed by atoms with Crippen molar-refractivity contribution < 1.29 is 14.1 Å². The molecule has 0 aromatic carbocycles. The first kappa shape index (κ1) is 22.0. The molecule has 0 radical (unpaired) electrons. The molecule has 0 aliphatic carbocycles. The van der Waals surface area contributed by atoms with Crippen LogP contribution in [0.1, 0.15) is 39.5 Å². The Morgan fingerprint density at radius 2 is 1.81 bits per heavy atom.